The van der Waals surface area contributed by atoms with Crippen LogP contribution in [0.3, 0.4) is 0 Å². The van der Waals surface area contributed by atoms with E-state index in [2.05, 4.69) is 35.6 Å². The molecule has 0 atom stereocenters. The van der Waals surface area contributed by atoms with E-state index in [0.717, 1.165) is 16.6 Å². The molecule has 0 spiro atoms. The summed E-state index contributed by atoms with van der Waals surface area (Å²) in [4.78, 5) is 0. The summed E-state index contributed by atoms with van der Waals surface area (Å²) in [6, 6.07) is 6.23. The molecular weight excluding hydrogens is 263 g/mol. The molecule has 0 fully saturated rings. The van der Waals surface area contributed by atoms with Crippen LogP contribution in [0.1, 0.15) is 18.1 Å². The van der Waals surface area contributed by atoms with Gasteiger partial charge < -0.3 is 4.74 Å². The molecule has 0 unspecified atom stereocenters. The van der Waals surface area contributed by atoms with E-state index < -0.39 is 0 Å². The second-order valence-corrected chi connectivity index (χ2v) is 3.35. The third-order valence-corrected chi connectivity index (χ3v) is 2.73. The molecule has 0 bridgehead atoms. The van der Waals surface area contributed by atoms with Crippen molar-refractivity contribution < 1.29 is 4.74 Å². The number of aryl methyl sites for hydroxylation is 1. The first kappa shape index (κ1) is 9.84. The van der Waals surface area contributed by atoms with Gasteiger partial charge in [0.15, 0.2) is 0 Å². The molecular formula is C10H13IO. The van der Waals surface area contributed by atoms with Crippen LogP contribution < -0.4 is 4.74 Å². The molecule has 0 saturated carbocycles. The van der Waals surface area contributed by atoms with E-state index in [1.54, 1.807) is 7.11 Å². The van der Waals surface area contributed by atoms with E-state index in [1.807, 2.05) is 12.1 Å². The van der Waals surface area contributed by atoms with Crippen LogP contribution in [0.5, 0.6) is 5.75 Å². The van der Waals surface area contributed by atoms with Gasteiger partial charge in [-0.25, -0.2) is 0 Å². The Kier molecular flexibility index (Phi) is 3.85. The van der Waals surface area contributed by atoms with Crippen molar-refractivity contribution >= 4 is 22.6 Å². The molecule has 1 rings (SSSR count). The highest BCUT2D eigenvalue weighted by atomic mass is 127. The SMILES string of the molecule is CCc1cccc(OC)c1CI. The number of hydrogen-bond donors (Lipinski definition) is 0. The van der Waals surface area contributed by atoms with Crippen LogP contribution in [0.2, 0.25) is 0 Å². The Balaban J connectivity index is 3.13. The number of ether oxygens (including phenoxy) is 1. The van der Waals surface area contributed by atoms with Gasteiger partial charge in [0.05, 0.1) is 7.11 Å². The first-order valence-electron chi connectivity index (χ1n) is 4.04. The summed E-state index contributed by atoms with van der Waals surface area (Å²) in [6.45, 7) is 2.17. The number of hydrogen-bond acceptors (Lipinski definition) is 1. The van der Waals surface area contributed by atoms with Crippen LogP contribution in [0.25, 0.3) is 0 Å². The highest BCUT2D eigenvalue weighted by Gasteiger charge is 2.04. The van der Waals surface area contributed by atoms with Crippen molar-refractivity contribution in [2.75, 3.05) is 7.11 Å². The van der Waals surface area contributed by atoms with Gasteiger partial charge in [-0.1, -0.05) is 41.6 Å². The summed E-state index contributed by atoms with van der Waals surface area (Å²) >= 11 is 2.37. The first-order valence-corrected chi connectivity index (χ1v) is 5.56. The topological polar surface area (TPSA) is 9.23 Å². The van der Waals surface area contributed by atoms with Gasteiger partial charge in [-0.05, 0) is 18.1 Å². The summed E-state index contributed by atoms with van der Waals surface area (Å²) in [5.41, 5.74) is 2.73. The summed E-state index contributed by atoms with van der Waals surface area (Å²) in [5.74, 6) is 1.02. The summed E-state index contributed by atoms with van der Waals surface area (Å²) in [7, 11) is 1.73. The molecule has 0 amide bonds. The Morgan fingerprint density at radius 3 is 2.67 bits per heavy atom. The second-order valence-electron chi connectivity index (χ2n) is 2.59. The van der Waals surface area contributed by atoms with Crippen LogP contribution in [-0.2, 0) is 10.8 Å². The van der Waals surface area contributed by atoms with Crippen LogP contribution in [0.15, 0.2) is 18.2 Å². The summed E-state index contributed by atoms with van der Waals surface area (Å²) in [5, 5.41) is 0. The van der Waals surface area contributed by atoms with E-state index in [1.165, 1.54) is 11.1 Å². The zero-order chi connectivity index (χ0) is 8.97. The quantitative estimate of drug-likeness (QED) is 0.608. The Morgan fingerprint density at radius 2 is 2.17 bits per heavy atom. The standard InChI is InChI=1S/C10H13IO/c1-3-8-5-4-6-10(12-2)9(8)7-11/h4-6H,3,7H2,1-2H3. The van der Waals surface area contributed by atoms with Gasteiger partial charge in [0, 0.05) is 9.99 Å². The van der Waals surface area contributed by atoms with Crippen molar-refractivity contribution in [3.8, 4) is 5.75 Å². The van der Waals surface area contributed by atoms with Gasteiger partial charge in [0.25, 0.3) is 0 Å². The van der Waals surface area contributed by atoms with Gasteiger partial charge in [-0.3, -0.25) is 0 Å². The fourth-order valence-corrected chi connectivity index (χ4v) is 2.15. The number of benzene rings is 1. The molecule has 0 radical (unpaired) electrons. The second kappa shape index (κ2) is 4.70. The van der Waals surface area contributed by atoms with Crippen LogP contribution >= 0.6 is 22.6 Å². The normalized spacial score (nSPS) is 9.92. The van der Waals surface area contributed by atoms with E-state index in [-0.39, 0.29) is 0 Å². The molecule has 0 N–H and O–H groups in total. The van der Waals surface area contributed by atoms with Crippen LogP contribution in [-0.4, -0.2) is 7.11 Å². The minimum Gasteiger partial charge on any atom is -0.496 e. The summed E-state index contributed by atoms with van der Waals surface area (Å²) < 4.78 is 6.29. The van der Waals surface area contributed by atoms with Gasteiger partial charge >= 0.3 is 0 Å². The minimum absolute atomic E-state index is 1.02. The maximum absolute atomic E-state index is 5.27. The molecule has 0 aliphatic heterocycles. The number of rotatable bonds is 3. The average Bonchev–Trinajstić information content (AvgIpc) is 2.16. The molecule has 12 heavy (non-hydrogen) atoms. The van der Waals surface area contributed by atoms with Crippen molar-refractivity contribution in [2.45, 2.75) is 17.8 Å². The lowest BCUT2D eigenvalue weighted by Crippen LogP contribution is -1.94. The maximum Gasteiger partial charge on any atom is 0.123 e. The zero-order valence-electron chi connectivity index (χ0n) is 7.43. The lowest BCUT2D eigenvalue weighted by atomic mass is 10.1. The van der Waals surface area contributed by atoms with E-state index in [9.17, 15) is 0 Å². The van der Waals surface area contributed by atoms with E-state index in [0.29, 0.717) is 0 Å². The number of alkyl halides is 1. The third kappa shape index (κ3) is 1.91. The predicted octanol–water partition coefficient (Wildman–Crippen LogP) is 3.19. The fourth-order valence-electron chi connectivity index (χ4n) is 1.29. The van der Waals surface area contributed by atoms with E-state index in [4.69, 9.17) is 4.74 Å². The van der Waals surface area contributed by atoms with Crippen molar-refractivity contribution in [1.29, 1.82) is 0 Å². The maximum atomic E-state index is 5.27. The smallest absolute Gasteiger partial charge is 0.123 e. The molecule has 2 heteroatoms. The van der Waals surface area contributed by atoms with Gasteiger partial charge in [0.1, 0.15) is 5.75 Å². The average molecular weight is 276 g/mol. The Labute approximate surface area is 87.3 Å². The monoisotopic (exact) mass is 276 g/mol. The van der Waals surface area contributed by atoms with Crippen molar-refractivity contribution in [3.63, 3.8) is 0 Å². The molecule has 1 aromatic carbocycles. The third-order valence-electron chi connectivity index (χ3n) is 1.96. The largest absolute Gasteiger partial charge is 0.496 e. The molecule has 1 nitrogen and oxygen atoms in total. The first-order chi connectivity index (χ1) is 5.83. The highest BCUT2D eigenvalue weighted by molar-refractivity contribution is 14.1. The lowest BCUT2D eigenvalue weighted by molar-refractivity contribution is 0.411. The Hall–Kier alpha value is -0.250. The van der Waals surface area contributed by atoms with Crippen molar-refractivity contribution in [1.82, 2.24) is 0 Å². The minimum atomic E-state index is 1.02. The Bertz CT molecular complexity index is 236. The van der Waals surface area contributed by atoms with Crippen molar-refractivity contribution in [2.24, 2.45) is 0 Å². The van der Waals surface area contributed by atoms with Crippen molar-refractivity contribution in [3.05, 3.63) is 29.3 Å². The summed E-state index contributed by atoms with van der Waals surface area (Å²) in [6.07, 6.45) is 1.08. The lowest BCUT2D eigenvalue weighted by Gasteiger charge is -2.09. The highest BCUT2D eigenvalue weighted by Crippen LogP contribution is 2.24. The zero-order valence-corrected chi connectivity index (χ0v) is 9.59. The molecule has 1 aromatic rings. The number of methoxy groups -OCH3 is 1. The molecule has 66 valence electrons. The van der Waals surface area contributed by atoms with Gasteiger partial charge in [0.2, 0.25) is 0 Å². The van der Waals surface area contributed by atoms with Crippen LogP contribution in [0.4, 0.5) is 0 Å². The molecule has 0 aliphatic rings. The van der Waals surface area contributed by atoms with Gasteiger partial charge in [-0.15, -0.1) is 0 Å². The van der Waals surface area contributed by atoms with E-state index >= 15 is 0 Å². The number of halogens is 1. The Morgan fingerprint density at radius 1 is 1.42 bits per heavy atom. The molecule has 0 aromatic heterocycles. The fraction of sp³-hybridized carbons (Fsp3) is 0.400. The van der Waals surface area contributed by atoms with Gasteiger partial charge in [-0.2, -0.15) is 0 Å². The van der Waals surface area contributed by atoms with Crippen LogP contribution in [0, 0.1) is 0 Å². The molecule has 0 saturated heterocycles. The molecule has 0 heterocycles. The predicted molar refractivity (Wildman–Crippen MR) is 60.1 cm³/mol. The molecule has 0 aliphatic carbocycles.